The van der Waals surface area contributed by atoms with Crippen LogP contribution in [0.3, 0.4) is 0 Å². The Hall–Kier alpha value is -2.92. The summed E-state index contributed by atoms with van der Waals surface area (Å²) in [5.74, 6) is 0.996. The second kappa shape index (κ2) is 7.00. The predicted molar refractivity (Wildman–Crippen MR) is 112 cm³/mol. The van der Waals surface area contributed by atoms with Crippen molar-refractivity contribution in [2.45, 2.75) is 26.8 Å². The monoisotopic (exact) mass is 375 g/mol. The van der Waals surface area contributed by atoms with Crippen LogP contribution in [-0.2, 0) is 0 Å². The molecule has 0 saturated heterocycles. The van der Waals surface area contributed by atoms with Crippen LogP contribution in [0.1, 0.15) is 32.7 Å². The first-order chi connectivity index (χ1) is 13.0. The summed E-state index contributed by atoms with van der Waals surface area (Å²) >= 11 is 1.71. The summed E-state index contributed by atoms with van der Waals surface area (Å²) in [6.45, 7) is 5.98. The van der Waals surface area contributed by atoms with Gasteiger partial charge in [0.05, 0.1) is 6.04 Å². The highest BCUT2D eigenvalue weighted by molar-refractivity contribution is 7.12. The number of nitrogens with zero attached hydrogens (tertiary/aromatic N) is 2. The van der Waals surface area contributed by atoms with Gasteiger partial charge in [0.25, 0.3) is 0 Å². The molecule has 5 heteroatoms. The number of anilines is 1. The third-order valence-corrected chi connectivity index (χ3v) is 5.61. The number of thiophene rings is 1. The number of benzene rings is 1. The van der Waals surface area contributed by atoms with Gasteiger partial charge in [-0.25, -0.2) is 9.97 Å². The van der Waals surface area contributed by atoms with E-state index in [9.17, 15) is 5.11 Å². The maximum atomic E-state index is 11.0. The number of aromatic hydroxyl groups is 1. The third-order valence-electron chi connectivity index (χ3n) is 4.54. The van der Waals surface area contributed by atoms with Gasteiger partial charge in [0.15, 0.2) is 0 Å². The fourth-order valence-corrected chi connectivity index (χ4v) is 4.15. The van der Waals surface area contributed by atoms with Gasteiger partial charge in [0.2, 0.25) is 0 Å². The normalized spacial score (nSPS) is 12.3. The van der Waals surface area contributed by atoms with Crippen molar-refractivity contribution in [3.63, 3.8) is 0 Å². The van der Waals surface area contributed by atoms with E-state index in [1.165, 1.54) is 4.88 Å². The molecule has 0 amide bonds. The van der Waals surface area contributed by atoms with Crippen LogP contribution in [0.25, 0.3) is 10.9 Å². The summed E-state index contributed by atoms with van der Waals surface area (Å²) in [6, 6.07) is 17.8. The van der Waals surface area contributed by atoms with Crippen molar-refractivity contribution in [2.24, 2.45) is 0 Å². The highest BCUT2D eigenvalue weighted by Crippen LogP contribution is 2.38. The zero-order chi connectivity index (χ0) is 19.0. The average molecular weight is 375 g/mol. The first-order valence-corrected chi connectivity index (χ1v) is 9.68. The van der Waals surface area contributed by atoms with Gasteiger partial charge >= 0.3 is 0 Å². The number of aromatic nitrogens is 2. The Bertz CT molecular complexity index is 1120. The van der Waals surface area contributed by atoms with Gasteiger partial charge < -0.3 is 10.4 Å². The minimum Gasteiger partial charge on any atom is -0.505 e. The molecule has 0 saturated carbocycles. The first kappa shape index (κ1) is 17.5. The minimum atomic E-state index is -0.204. The number of pyridine rings is 2. The number of nitrogens with one attached hydrogen (secondary N) is 1. The van der Waals surface area contributed by atoms with Gasteiger partial charge in [0, 0.05) is 32.1 Å². The van der Waals surface area contributed by atoms with Crippen LogP contribution in [0.2, 0.25) is 0 Å². The average Bonchev–Trinajstić information content (AvgIpc) is 3.07. The molecule has 2 N–H and O–H groups in total. The van der Waals surface area contributed by atoms with Crippen molar-refractivity contribution in [1.29, 1.82) is 0 Å². The summed E-state index contributed by atoms with van der Waals surface area (Å²) in [6.07, 6.45) is 0. The van der Waals surface area contributed by atoms with Crippen LogP contribution in [0, 0.1) is 20.8 Å². The van der Waals surface area contributed by atoms with E-state index in [-0.39, 0.29) is 11.8 Å². The van der Waals surface area contributed by atoms with Crippen molar-refractivity contribution < 1.29 is 5.11 Å². The quantitative estimate of drug-likeness (QED) is 0.493. The van der Waals surface area contributed by atoms with E-state index >= 15 is 0 Å². The van der Waals surface area contributed by atoms with Crippen LogP contribution in [0.15, 0.2) is 54.6 Å². The number of rotatable bonds is 4. The van der Waals surface area contributed by atoms with Crippen molar-refractivity contribution in [3.8, 4) is 5.75 Å². The van der Waals surface area contributed by atoms with E-state index in [0.29, 0.717) is 5.52 Å². The highest BCUT2D eigenvalue weighted by atomic mass is 32.1. The number of phenols is 1. The SMILES string of the molecule is Cc1cccc(N[C@@H](c2ccc(C)s2)c2ccc3ccc(C)nc3c2O)n1. The molecule has 0 aliphatic rings. The van der Waals surface area contributed by atoms with Crippen LogP contribution < -0.4 is 5.32 Å². The molecule has 4 aromatic rings. The van der Waals surface area contributed by atoms with E-state index in [1.54, 1.807) is 11.3 Å². The summed E-state index contributed by atoms with van der Waals surface area (Å²) in [5, 5.41) is 15.5. The van der Waals surface area contributed by atoms with E-state index in [4.69, 9.17) is 0 Å². The number of hydrogen-bond acceptors (Lipinski definition) is 5. The van der Waals surface area contributed by atoms with Crippen LogP contribution >= 0.6 is 11.3 Å². The molecule has 0 radical (unpaired) electrons. The van der Waals surface area contributed by atoms with E-state index in [0.717, 1.165) is 33.0 Å². The van der Waals surface area contributed by atoms with E-state index in [1.807, 2.05) is 56.3 Å². The summed E-state index contributed by atoms with van der Waals surface area (Å²) in [4.78, 5) is 11.5. The van der Waals surface area contributed by atoms with Crippen molar-refractivity contribution in [2.75, 3.05) is 5.32 Å². The number of phenolic OH excluding ortho intramolecular Hbond substituents is 1. The molecule has 1 atom stereocenters. The molecule has 0 bridgehead atoms. The molecule has 4 rings (SSSR count). The molecule has 1 aromatic carbocycles. The molecule has 0 fully saturated rings. The second-order valence-corrected chi connectivity index (χ2v) is 8.04. The largest absolute Gasteiger partial charge is 0.505 e. The first-order valence-electron chi connectivity index (χ1n) is 8.87. The lowest BCUT2D eigenvalue weighted by atomic mass is 10.0. The van der Waals surface area contributed by atoms with Gasteiger partial charge in [-0.3, -0.25) is 0 Å². The number of aryl methyl sites for hydroxylation is 3. The molecular weight excluding hydrogens is 354 g/mol. The number of hydrogen-bond donors (Lipinski definition) is 2. The predicted octanol–water partition coefficient (Wildman–Crippen LogP) is 5.52. The van der Waals surface area contributed by atoms with Crippen molar-refractivity contribution in [3.05, 3.63) is 81.3 Å². The Labute approximate surface area is 162 Å². The second-order valence-electron chi connectivity index (χ2n) is 6.72. The van der Waals surface area contributed by atoms with Crippen LogP contribution in [0.5, 0.6) is 5.75 Å². The maximum Gasteiger partial charge on any atom is 0.147 e. The lowest BCUT2D eigenvalue weighted by molar-refractivity contribution is 0.472. The van der Waals surface area contributed by atoms with E-state index < -0.39 is 0 Å². The Morgan fingerprint density at radius 1 is 0.889 bits per heavy atom. The minimum absolute atomic E-state index is 0.204. The fraction of sp³-hybridized carbons (Fsp3) is 0.182. The smallest absolute Gasteiger partial charge is 0.147 e. The molecular formula is C22H21N3OS. The molecule has 0 aliphatic carbocycles. The van der Waals surface area contributed by atoms with Gasteiger partial charge in [-0.15, -0.1) is 11.3 Å². The molecule has 3 heterocycles. The molecule has 3 aromatic heterocycles. The Morgan fingerprint density at radius 2 is 1.67 bits per heavy atom. The molecule has 0 spiro atoms. The fourth-order valence-electron chi connectivity index (χ4n) is 3.20. The third kappa shape index (κ3) is 3.51. The zero-order valence-corrected chi connectivity index (χ0v) is 16.3. The maximum absolute atomic E-state index is 11.0. The van der Waals surface area contributed by atoms with Gasteiger partial charge in [-0.2, -0.15) is 0 Å². The van der Waals surface area contributed by atoms with E-state index in [2.05, 4.69) is 34.3 Å². The van der Waals surface area contributed by atoms with Gasteiger partial charge in [0.1, 0.15) is 17.1 Å². The van der Waals surface area contributed by atoms with Crippen molar-refractivity contribution >= 4 is 28.1 Å². The van der Waals surface area contributed by atoms with Gasteiger partial charge in [-0.1, -0.05) is 24.3 Å². The Balaban J connectivity index is 1.85. The van der Waals surface area contributed by atoms with Gasteiger partial charge in [-0.05, 0) is 51.1 Å². The van der Waals surface area contributed by atoms with Crippen LogP contribution in [0.4, 0.5) is 5.82 Å². The molecule has 136 valence electrons. The lowest BCUT2D eigenvalue weighted by Crippen LogP contribution is -2.12. The summed E-state index contributed by atoms with van der Waals surface area (Å²) in [7, 11) is 0. The Morgan fingerprint density at radius 3 is 2.41 bits per heavy atom. The molecule has 0 unspecified atom stereocenters. The zero-order valence-electron chi connectivity index (χ0n) is 15.5. The standard InChI is InChI=1S/C22H21N3OS/c1-13-5-4-6-19(23-13)25-21(18-12-8-15(3)27-18)17-11-10-16-9-7-14(2)24-20(16)22(17)26/h4-12,21,26H,1-3H3,(H,23,25)/t21-/m1/s1. The molecule has 4 nitrogen and oxygen atoms in total. The molecule has 0 aliphatic heterocycles. The highest BCUT2D eigenvalue weighted by Gasteiger charge is 2.22. The Kier molecular flexibility index (Phi) is 4.54. The topological polar surface area (TPSA) is 58.0 Å². The number of fused-ring (bicyclic) bond motifs is 1. The van der Waals surface area contributed by atoms with Crippen LogP contribution in [-0.4, -0.2) is 15.1 Å². The summed E-state index contributed by atoms with van der Waals surface area (Å²) in [5.41, 5.74) is 3.25. The van der Waals surface area contributed by atoms with Crippen molar-refractivity contribution in [1.82, 2.24) is 9.97 Å². The summed E-state index contributed by atoms with van der Waals surface area (Å²) < 4.78 is 0. The molecule has 27 heavy (non-hydrogen) atoms. The lowest BCUT2D eigenvalue weighted by Gasteiger charge is -2.21.